The highest BCUT2D eigenvalue weighted by Crippen LogP contribution is 2.21. The molecule has 3 rings (SSSR count). The molecule has 0 aliphatic carbocycles. The fourth-order valence-electron chi connectivity index (χ4n) is 2.47. The van der Waals surface area contributed by atoms with Crippen molar-refractivity contribution in [2.75, 3.05) is 13.1 Å². The first-order valence-electron chi connectivity index (χ1n) is 6.76. The van der Waals surface area contributed by atoms with Crippen molar-refractivity contribution < 1.29 is 9.90 Å². The van der Waals surface area contributed by atoms with Crippen molar-refractivity contribution in [3.8, 4) is 0 Å². The molecule has 3 heterocycles. The molecule has 0 aromatic carbocycles. The Kier molecular flexibility index (Phi) is 4.34. The number of likely N-dealkylation sites (tertiary alicyclic amines) is 1. The first-order chi connectivity index (χ1) is 10.1. The van der Waals surface area contributed by atoms with Gasteiger partial charge in [-0.15, -0.1) is 22.7 Å². The molecular formula is C14H17N3O2S2. The second-order valence-corrected chi connectivity index (χ2v) is 6.96. The van der Waals surface area contributed by atoms with Crippen LogP contribution in [0.4, 0.5) is 0 Å². The van der Waals surface area contributed by atoms with Crippen LogP contribution >= 0.6 is 22.7 Å². The second kappa shape index (κ2) is 6.23. The van der Waals surface area contributed by atoms with Crippen molar-refractivity contribution in [3.63, 3.8) is 0 Å². The van der Waals surface area contributed by atoms with Crippen LogP contribution in [-0.4, -0.2) is 46.1 Å². The molecule has 0 spiro atoms. The van der Waals surface area contributed by atoms with Crippen LogP contribution in [0.2, 0.25) is 0 Å². The predicted octanol–water partition coefficient (Wildman–Crippen LogP) is 1.49. The predicted molar refractivity (Wildman–Crippen MR) is 83.7 cm³/mol. The number of thiophene rings is 1. The third kappa shape index (κ3) is 3.32. The van der Waals surface area contributed by atoms with E-state index in [9.17, 15) is 9.90 Å². The summed E-state index contributed by atoms with van der Waals surface area (Å²) in [6, 6.07) is 1.87. The molecule has 2 N–H and O–H groups in total. The van der Waals surface area contributed by atoms with Gasteiger partial charge in [0.05, 0.1) is 17.7 Å². The Morgan fingerprint density at radius 2 is 2.43 bits per heavy atom. The number of hydrogen-bond donors (Lipinski definition) is 2. The SMILES string of the molecule is Cc1ccsc1CN1C[C@@H](O)[C@H](NC(=O)c2cscn2)C1. The zero-order valence-corrected chi connectivity index (χ0v) is 13.3. The molecule has 0 unspecified atom stereocenters. The summed E-state index contributed by atoms with van der Waals surface area (Å²) in [7, 11) is 0. The van der Waals surface area contributed by atoms with Crippen molar-refractivity contribution in [2.45, 2.75) is 25.6 Å². The highest BCUT2D eigenvalue weighted by atomic mass is 32.1. The highest BCUT2D eigenvalue weighted by Gasteiger charge is 2.33. The molecule has 1 amide bonds. The van der Waals surface area contributed by atoms with E-state index in [1.165, 1.54) is 21.8 Å². The third-order valence-electron chi connectivity index (χ3n) is 3.68. The van der Waals surface area contributed by atoms with Crippen molar-refractivity contribution in [2.24, 2.45) is 0 Å². The lowest BCUT2D eigenvalue weighted by atomic mass is 10.2. The number of nitrogens with zero attached hydrogens (tertiary/aromatic N) is 2. The molecule has 2 aromatic heterocycles. The fraction of sp³-hybridized carbons (Fsp3) is 0.429. The van der Waals surface area contributed by atoms with Crippen LogP contribution in [-0.2, 0) is 6.54 Å². The molecule has 1 fully saturated rings. The smallest absolute Gasteiger partial charge is 0.271 e. The summed E-state index contributed by atoms with van der Waals surface area (Å²) in [5.74, 6) is -0.213. The van der Waals surface area contributed by atoms with Crippen molar-refractivity contribution in [1.82, 2.24) is 15.2 Å². The van der Waals surface area contributed by atoms with Gasteiger partial charge in [0.15, 0.2) is 0 Å². The van der Waals surface area contributed by atoms with Gasteiger partial charge in [0.1, 0.15) is 5.69 Å². The van der Waals surface area contributed by atoms with Crippen molar-refractivity contribution in [1.29, 1.82) is 0 Å². The number of nitrogens with one attached hydrogen (secondary N) is 1. The van der Waals surface area contributed by atoms with Gasteiger partial charge >= 0.3 is 0 Å². The molecule has 2 atom stereocenters. The Labute approximate surface area is 131 Å². The number of aryl methyl sites for hydroxylation is 1. The number of thiazole rings is 1. The summed E-state index contributed by atoms with van der Waals surface area (Å²) in [6.45, 7) is 4.16. The van der Waals surface area contributed by atoms with Gasteiger partial charge in [-0.25, -0.2) is 4.98 Å². The van der Waals surface area contributed by atoms with Gasteiger partial charge in [0.2, 0.25) is 0 Å². The van der Waals surface area contributed by atoms with Gasteiger partial charge in [-0.2, -0.15) is 0 Å². The van der Waals surface area contributed by atoms with E-state index in [1.54, 1.807) is 22.2 Å². The maximum absolute atomic E-state index is 12.0. The van der Waals surface area contributed by atoms with Gasteiger partial charge in [0.25, 0.3) is 5.91 Å². The summed E-state index contributed by atoms with van der Waals surface area (Å²) in [4.78, 5) is 19.5. The summed E-state index contributed by atoms with van der Waals surface area (Å²) in [5.41, 5.74) is 3.33. The lowest BCUT2D eigenvalue weighted by molar-refractivity contribution is 0.0884. The number of hydrogen-bond acceptors (Lipinski definition) is 6. The minimum Gasteiger partial charge on any atom is -0.390 e. The van der Waals surface area contributed by atoms with Gasteiger partial charge in [-0.1, -0.05) is 0 Å². The number of aromatic nitrogens is 1. The van der Waals surface area contributed by atoms with Crippen LogP contribution < -0.4 is 5.32 Å². The Balaban J connectivity index is 1.58. The van der Waals surface area contributed by atoms with E-state index >= 15 is 0 Å². The molecule has 0 radical (unpaired) electrons. The van der Waals surface area contributed by atoms with Gasteiger partial charge in [-0.05, 0) is 23.9 Å². The third-order valence-corrected chi connectivity index (χ3v) is 5.28. The zero-order valence-electron chi connectivity index (χ0n) is 11.7. The van der Waals surface area contributed by atoms with Crippen molar-refractivity contribution in [3.05, 3.63) is 38.5 Å². The number of carbonyl (C=O) groups excluding carboxylic acids is 1. The molecule has 21 heavy (non-hydrogen) atoms. The Morgan fingerprint density at radius 3 is 3.10 bits per heavy atom. The van der Waals surface area contributed by atoms with Gasteiger partial charge in [0, 0.05) is 29.9 Å². The van der Waals surface area contributed by atoms with Gasteiger partial charge in [-0.3, -0.25) is 9.69 Å². The van der Waals surface area contributed by atoms with Crippen LogP contribution in [0.3, 0.4) is 0 Å². The van der Waals surface area contributed by atoms with E-state index in [0.29, 0.717) is 18.8 Å². The average Bonchev–Trinajstić information content (AvgIpc) is 3.15. The number of aliphatic hydroxyl groups is 1. The molecule has 1 saturated heterocycles. The van der Waals surface area contributed by atoms with Crippen LogP contribution in [0.1, 0.15) is 20.9 Å². The molecule has 1 aliphatic rings. The molecule has 2 aromatic rings. The molecule has 112 valence electrons. The van der Waals surface area contributed by atoms with Crippen LogP contribution in [0.15, 0.2) is 22.3 Å². The first kappa shape index (κ1) is 14.6. The quantitative estimate of drug-likeness (QED) is 0.895. The van der Waals surface area contributed by atoms with E-state index in [0.717, 1.165) is 6.54 Å². The Morgan fingerprint density at radius 1 is 1.57 bits per heavy atom. The minimum absolute atomic E-state index is 0.213. The standard InChI is InChI=1S/C14H17N3O2S2/c1-9-2-3-21-13(9)6-17-4-10(12(18)5-17)16-14(19)11-7-20-8-15-11/h2-3,7-8,10,12,18H,4-6H2,1H3,(H,16,19)/t10-,12-/m1/s1. The number of aliphatic hydroxyl groups excluding tert-OH is 1. The van der Waals surface area contributed by atoms with Crippen molar-refractivity contribution >= 4 is 28.6 Å². The first-order valence-corrected chi connectivity index (χ1v) is 8.58. The summed E-state index contributed by atoms with van der Waals surface area (Å²) >= 11 is 3.12. The largest absolute Gasteiger partial charge is 0.390 e. The maximum atomic E-state index is 12.0. The van der Waals surface area contributed by atoms with E-state index in [4.69, 9.17) is 0 Å². The topological polar surface area (TPSA) is 65.5 Å². The summed E-state index contributed by atoms with van der Waals surface area (Å²) in [5, 5.41) is 16.8. The van der Waals surface area contributed by atoms with Gasteiger partial charge < -0.3 is 10.4 Å². The Hall–Kier alpha value is -1.28. The molecule has 7 heteroatoms. The monoisotopic (exact) mass is 323 g/mol. The van der Waals surface area contributed by atoms with Crippen LogP contribution in [0.5, 0.6) is 0 Å². The van der Waals surface area contributed by atoms with E-state index in [2.05, 4.69) is 33.6 Å². The fourth-order valence-corrected chi connectivity index (χ4v) is 3.95. The lowest BCUT2D eigenvalue weighted by Crippen LogP contribution is -2.42. The van der Waals surface area contributed by atoms with Crippen LogP contribution in [0, 0.1) is 6.92 Å². The summed E-state index contributed by atoms with van der Waals surface area (Å²) < 4.78 is 0. The van der Waals surface area contributed by atoms with E-state index < -0.39 is 6.10 Å². The van der Waals surface area contributed by atoms with E-state index in [1.807, 2.05) is 0 Å². The average molecular weight is 323 g/mol. The van der Waals surface area contributed by atoms with E-state index in [-0.39, 0.29) is 11.9 Å². The lowest BCUT2D eigenvalue weighted by Gasteiger charge is -2.16. The maximum Gasteiger partial charge on any atom is 0.271 e. The highest BCUT2D eigenvalue weighted by molar-refractivity contribution is 7.10. The number of β-amino-alcohol motifs (C(OH)–C–C–N with tert-alkyl or cyclic N) is 1. The molecule has 0 bridgehead atoms. The number of carbonyl (C=O) groups is 1. The molecule has 0 saturated carbocycles. The van der Waals surface area contributed by atoms with Crippen LogP contribution in [0.25, 0.3) is 0 Å². The zero-order chi connectivity index (χ0) is 14.8. The minimum atomic E-state index is -0.534. The number of rotatable bonds is 4. The number of amides is 1. The Bertz CT molecular complexity index is 612. The molecule has 1 aliphatic heterocycles. The summed E-state index contributed by atoms with van der Waals surface area (Å²) in [6.07, 6.45) is -0.534. The normalized spacial score (nSPS) is 22.6. The second-order valence-electron chi connectivity index (χ2n) is 5.24. The molecular weight excluding hydrogens is 306 g/mol. The molecule has 5 nitrogen and oxygen atoms in total.